The maximum Gasteiger partial charge on any atom is 0.256 e. The number of rotatable bonds is 3. The number of aromatic nitrogens is 1. The minimum absolute atomic E-state index is 0.0742. The molecule has 0 spiro atoms. The Kier molecular flexibility index (Phi) is 4.28. The third-order valence-electron chi connectivity index (χ3n) is 4.95. The second-order valence-electron chi connectivity index (χ2n) is 6.80. The number of aromatic amines is 1. The molecule has 0 unspecified atom stereocenters. The molecule has 3 aromatic carbocycles. The molecule has 0 bridgehead atoms. The summed E-state index contributed by atoms with van der Waals surface area (Å²) in [7, 11) is 1.66. The van der Waals surface area contributed by atoms with Gasteiger partial charge in [-0.1, -0.05) is 54.1 Å². The molecule has 134 valence electrons. The summed E-state index contributed by atoms with van der Waals surface area (Å²) in [4.78, 5) is 16.0. The highest BCUT2D eigenvalue weighted by atomic mass is 16.5. The van der Waals surface area contributed by atoms with Crippen molar-refractivity contribution in [3.63, 3.8) is 0 Å². The van der Waals surface area contributed by atoms with Gasteiger partial charge in [0.15, 0.2) is 0 Å². The first kappa shape index (κ1) is 17.1. The SMILES string of the molecule is COc1cccc(-c2c(-c3ccccc3C)[nH]c(=O)c3ccc(C)cc23)c1. The molecule has 1 N–H and O–H groups in total. The summed E-state index contributed by atoms with van der Waals surface area (Å²) in [5, 5.41) is 1.64. The van der Waals surface area contributed by atoms with Crippen molar-refractivity contribution < 1.29 is 4.74 Å². The van der Waals surface area contributed by atoms with Crippen molar-refractivity contribution >= 4 is 10.8 Å². The van der Waals surface area contributed by atoms with Gasteiger partial charge in [-0.3, -0.25) is 4.79 Å². The first-order chi connectivity index (χ1) is 13.1. The molecule has 0 atom stereocenters. The van der Waals surface area contributed by atoms with E-state index in [1.807, 2.05) is 55.5 Å². The van der Waals surface area contributed by atoms with Crippen LogP contribution in [0.3, 0.4) is 0 Å². The number of nitrogens with one attached hydrogen (secondary N) is 1. The van der Waals surface area contributed by atoms with Crippen molar-refractivity contribution in [3.05, 3.63) is 88.2 Å². The van der Waals surface area contributed by atoms with E-state index in [4.69, 9.17) is 4.74 Å². The molecule has 3 nitrogen and oxygen atoms in total. The van der Waals surface area contributed by atoms with Crippen LogP contribution in [0.4, 0.5) is 0 Å². The molecular formula is C24H21NO2. The van der Waals surface area contributed by atoms with E-state index >= 15 is 0 Å². The maximum absolute atomic E-state index is 12.8. The Bertz CT molecular complexity index is 1200. The summed E-state index contributed by atoms with van der Waals surface area (Å²) < 4.78 is 5.43. The molecule has 3 heteroatoms. The van der Waals surface area contributed by atoms with E-state index in [9.17, 15) is 4.79 Å². The fourth-order valence-corrected chi connectivity index (χ4v) is 3.57. The highest BCUT2D eigenvalue weighted by Crippen LogP contribution is 2.37. The molecular weight excluding hydrogens is 334 g/mol. The van der Waals surface area contributed by atoms with Gasteiger partial charge in [0.2, 0.25) is 0 Å². The molecule has 0 fully saturated rings. The van der Waals surface area contributed by atoms with Crippen LogP contribution < -0.4 is 10.3 Å². The van der Waals surface area contributed by atoms with E-state index in [0.29, 0.717) is 5.39 Å². The number of methoxy groups -OCH3 is 1. The van der Waals surface area contributed by atoms with Gasteiger partial charge in [-0.15, -0.1) is 0 Å². The van der Waals surface area contributed by atoms with Gasteiger partial charge < -0.3 is 9.72 Å². The Morgan fingerprint density at radius 1 is 0.852 bits per heavy atom. The fraction of sp³-hybridized carbons (Fsp3) is 0.125. The molecule has 4 rings (SSSR count). The van der Waals surface area contributed by atoms with Crippen LogP contribution in [0.5, 0.6) is 5.75 Å². The number of ether oxygens (including phenoxy) is 1. The second kappa shape index (κ2) is 6.76. The highest BCUT2D eigenvalue weighted by molar-refractivity contribution is 6.03. The lowest BCUT2D eigenvalue weighted by Gasteiger charge is -2.16. The Balaban J connectivity index is 2.17. The predicted molar refractivity (Wildman–Crippen MR) is 111 cm³/mol. The number of hydrogen-bond acceptors (Lipinski definition) is 2. The molecule has 0 aliphatic rings. The minimum atomic E-state index is -0.0742. The average Bonchev–Trinajstić information content (AvgIpc) is 2.68. The molecule has 0 aliphatic heterocycles. The van der Waals surface area contributed by atoms with Gasteiger partial charge in [0.05, 0.1) is 12.8 Å². The summed E-state index contributed by atoms with van der Waals surface area (Å²) in [6, 6.07) is 22.0. The zero-order valence-electron chi connectivity index (χ0n) is 15.7. The minimum Gasteiger partial charge on any atom is -0.497 e. The quantitative estimate of drug-likeness (QED) is 0.528. The predicted octanol–water partition coefficient (Wildman–Crippen LogP) is 5.49. The molecule has 0 aliphatic carbocycles. The summed E-state index contributed by atoms with van der Waals surface area (Å²) in [5.74, 6) is 0.787. The van der Waals surface area contributed by atoms with Crippen LogP contribution in [0.1, 0.15) is 11.1 Å². The van der Waals surface area contributed by atoms with E-state index in [1.54, 1.807) is 7.11 Å². The Morgan fingerprint density at radius 2 is 1.67 bits per heavy atom. The van der Waals surface area contributed by atoms with Crippen LogP contribution in [-0.4, -0.2) is 12.1 Å². The van der Waals surface area contributed by atoms with Gasteiger partial charge in [0.25, 0.3) is 5.56 Å². The molecule has 0 saturated carbocycles. The van der Waals surface area contributed by atoms with Crippen LogP contribution in [0.2, 0.25) is 0 Å². The van der Waals surface area contributed by atoms with Crippen LogP contribution in [0, 0.1) is 13.8 Å². The van der Waals surface area contributed by atoms with Crippen LogP contribution >= 0.6 is 0 Å². The number of benzene rings is 3. The monoisotopic (exact) mass is 355 g/mol. The highest BCUT2D eigenvalue weighted by Gasteiger charge is 2.16. The molecule has 0 saturated heterocycles. The topological polar surface area (TPSA) is 42.1 Å². The van der Waals surface area contributed by atoms with Gasteiger partial charge in [-0.2, -0.15) is 0 Å². The van der Waals surface area contributed by atoms with Crippen molar-refractivity contribution in [3.8, 4) is 28.1 Å². The van der Waals surface area contributed by atoms with E-state index < -0.39 is 0 Å². The first-order valence-corrected chi connectivity index (χ1v) is 8.95. The summed E-state index contributed by atoms with van der Waals surface area (Å²) >= 11 is 0. The van der Waals surface area contributed by atoms with E-state index in [0.717, 1.165) is 44.6 Å². The molecule has 1 aromatic heterocycles. The molecule has 4 aromatic rings. The van der Waals surface area contributed by atoms with Crippen molar-refractivity contribution in [2.45, 2.75) is 13.8 Å². The van der Waals surface area contributed by atoms with Crippen LogP contribution in [0.15, 0.2) is 71.5 Å². The van der Waals surface area contributed by atoms with E-state index in [1.165, 1.54) is 0 Å². The number of pyridine rings is 1. The van der Waals surface area contributed by atoms with Gasteiger partial charge in [-0.25, -0.2) is 0 Å². The van der Waals surface area contributed by atoms with Crippen molar-refractivity contribution in [1.29, 1.82) is 0 Å². The summed E-state index contributed by atoms with van der Waals surface area (Å²) in [5.41, 5.74) is 6.05. The second-order valence-corrected chi connectivity index (χ2v) is 6.80. The molecule has 27 heavy (non-hydrogen) atoms. The lowest BCUT2D eigenvalue weighted by molar-refractivity contribution is 0.415. The maximum atomic E-state index is 12.8. The zero-order chi connectivity index (χ0) is 19.0. The number of hydrogen-bond donors (Lipinski definition) is 1. The Labute approximate surface area is 158 Å². The summed E-state index contributed by atoms with van der Waals surface area (Å²) in [6.07, 6.45) is 0. The normalized spacial score (nSPS) is 10.9. The van der Waals surface area contributed by atoms with Gasteiger partial charge in [0, 0.05) is 16.5 Å². The zero-order valence-corrected chi connectivity index (χ0v) is 15.7. The van der Waals surface area contributed by atoms with Gasteiger partial charge in [-0.05, 0) is 48.6 Å². The van der Waals surface area contributed by atoms with Gasteiger partial charge >= 0.3 is 0 Å². The standard InChI is InChI=1S/C24H21NO2/c1-15-11-12-20-21(13-15)22(17-8-6-9-18(14-17)27-3)23(25-24(20)26)19-10-5-4-7-16(19)2/h4-14H,1-3H3,(H,25,26). The largest absolute Gasteiger partial charge is 0.497 e. The van der Waals surface area contributed by atoms with E-state index in [2.05, 4.69) is 30.1 Å². The lowest BCUT2D eigenvalue weighted by Crippen LogP contribution is -2.10. The van der Waals surface area contributed by atoms with Crippen LogP contribution in [-0.2, 0) is 0 Å². The van der Waals surface area contributed by atoms with Crippen LogP contribution in [0.25, 0.3) is 33.2 Å². The number of aryl methyl sites for hydroxylation is 2. The average molecular weight is 355 g/mol. The van der Waals surface area contributed by atoms with E-state index in [-0.39, 0.29) is 5.56 Å². The molecule has 0 amide bonds. The first-order valence-electron chi connectivity index (χ1n) is 8.95. The lowest BCUT2D eigenvalue weighted by atomic mass is 9.92. The Hall–Kier alpha value is -3.33. The molecule has 1 heterocycles. The number of fused-ring (bicyclic) bond motifs is 1. The number of H-pyrrole nitrogens is 1. The smallest absolute Gasteiger partial charge is 0.256 e. The third-order valence-corrected chi connectivity index (χ3v) is 4.95. The van der Waals surface area contributed by atoms with Crippen molar-refractivity contribution in [2.75, 3.05) is 7.11 Å². The van der Waals surface area contributed by atoms with Gasteiger partial charge in [0.1, 0.15) is 5.75 Å². The van der Waals surface area contributed by atoms with Crippen molar-refractivity contribution in [2.24, 2.45) is 0 Å². The molecule has 0 radical (unpaired) electrons. The van der Waals surface area contributed by atoms with Crippen molar-refractivity contribution in [1.82, 2.24) is 4.98 Å². The third kappa shape index (κ3) is 3.02. The Morgan fingerprint density at radius 3 is 2.44 bits per heavy atom. The fourth-order valence-electron chi connectivity index (χ4n) is 3.57. The summed E-state index contributed by atoms with van der Waals surface area (Å²) in [6.45, 7) is 4.10.